The normalized spacial score (nSPS) is 13.3. The molecule has 59 heavy (non-hydrogen) atoms. The average molecular weight is 860 g/mol. The number of hydrogen-bond acceptors (Lipinski definition) is 13. The number of nitro groups is 2. The molecule has 4 aromatic rings. The van der Waals surface area contributed by atoms with Crippen molar-refractivity contribution in [3.63, 3.8) is 0 Å². The van der Waals surface area contributed by atoms with Gasteiger partial charge in [-0.05, 0) is 55.0 Å². The zero-order chi connectivity index (χ0) is 41.6. The fraction of sp³-hybridized carbons (Fsp3) is 0.300. The predicted molar refractivity (Wildman–Crippen MR) is 217 cm³/mol. The van der Waals surface area contributed by atoms with Crippen molar-refractivity contribution in [2.24, 2.45) is 0 Å². The zero-order valence-electron chi connectivity index (χ0n) is 30.4. The molecule has 0 aromatic heterocycles. The van der Waals surface area contributed by atoms with E-state index in [-0.39, 0.29) is 83.2 Å². The molecule has 0 aliphatic carbocycles. The Morgan fingerprint density at radius 1 is 0.661 bits per heavy atom. The summed E-state index contributed by atoms with van der Waals surface area (Å²) < 4.78 is 20.6. The molecule has 6 rings (SSSR count). The van der Waals surface area contributed by atoms with E-state index in [1.54, 1.807) is 48.5 Å². The molecule has 2 N–H and O–H groups in total. The molecule has 0 radical (unpaired) electrons. The first-order valence-corrected chi connectivity index (χ1v) is 17.7. The van der Waals surface area contributed by atoms with Crippen LogP contribution in [0.4, 0.5) is 11.4 Å². The summed E-state index contributed by atoms with van der Waals surface area (Å²) >= 11 is 11.8. The second-order valence-electron chi connectivity index (χ2n) is 12.0. The van der Waals surface area contributed by atoms with Crippen molar-refractivity contribution >= 4 is 58.2 Å². The summed E-state index contributed by atoms with van der Waals surface area (Å²) in [6, 6.07) is 21.7. The summed E-state index contributed by atoms with van der Waals surface area (Å²) in [6.45, 7) is -0.257. The molecule has 2 aliphatic rings. The van der Waals surface area contributed by atoms with Crippen LogP contribution >= 0.6 is 23.2 Å². The van der Waals surface area contributed by atoms with E-state index >= 15 is 0 Å². The van der Waals surface area contributed by atoms with Crippen molar-refractivity contribution in [1.82, 2.24) is 10.2 Å². The van der Waals surface area contributed by atoms with Gasteiger partial charge in [0.05, 0.1) is 55.4 Å². The maximum absolute atomic E-state index is 12.5. The Hall–Kier alpha value is -5.66. The summed E-state index contributed by atoms with van der Waals surface area (Å²) in [6.07, 6.45) is -1.04. The lowest BCUT2D eigenvalue weighted by molar-refractivity contribution is -0.386. The van der Waals surface area contributed by atoms with Crippen molar-refractivity contribution in [3.8, 4) is 0 Å². The lowest BCUT2D eigenvalue weighted by Crippen LogP contribution is -2.32. The number of hydrogen-bond donors (Lipinski definition) is 2. The van der Waals surface area contributed by atoms with E-state index in [1.807, 2.05) is 0 Å². The van der Waals surface area contributed by atoms with Crippen LogP contribution < -0.4 is 5.32 Å². The standard InChI is InChI=1S/C19H17ClN2O6.C11H14ClNO5.C8H5NO2.2CH4/c1-27-11-28-17(15-10-12(20)6-7-16(15)22(25)26)8-9-21-18(23)13-4-2-3-5-14(13)19(21)24;1-17-7-18-11(4-5-14)9-6-8(12)2-3-10(9)13(15)16;10-7-5-3-1-2-4-6(5)8(11)9-7;;/h2-7,10,17H,8-9,11H2,1H3;2-3,6,11,14H,4-5,7H2,1H3;1-4H,(H,9,10,11);2*1H4. The number of benzene rings is 4. The molecule has 19 heteroatoms. The van der Waals surface area contributed by atoms with Gasteiger partial charge in [-0.3, -0.25) is 49.6 Å². The first kappa shape index (κ1) is 49.5. The van der Waals surface area contributed by atoms with Gasteiger partial charge in [0.25, 0.3) is 35.0 Å². The fourth-order valence-corrected chi connectivity index (χ4v) is 6.14. The van der Waals surface area contributed by atoms with Gasteiger partial charge in [-0.1, -0.05) is 62.3 Å². The van der Waals surface area contributed by atoms with Crippen molar-refractivity contribution < 1.29 is 53.1 Å². The smallest absolute Gasteiger partial charge is 0.275 e. The Kier molecular flexibility index (Phi) is 19.9. The highest BCUT2D eigenvalue weighted by atomic mass is 35.5. The maximum Gasteiger partial charge on any atom is 0.275 e. The Morgan fingerprint density at radius 2 is 1.05 bits per heavy atom. The Labute approximate surface area is 350 Å². The van der Waals surface area contributed by atoms with Gasteiger partial charge < -0.3 is 24.1 Å². The van der Waals surface area contributed by atoms with Crippen LogP contribution in [-0.4, -0.2) is 84.4 Å². The summed E-state index contributed by atoms with van der Waals surface area (Å²) in [5.41, 5.74) is 1.97. The highest BCUT2D eigenvalue weighted by molar-refractivity contribution is 6.31. The average Bonchev–Trinajstić information content (AvgIpc) is 3.62. The van der Waals surface area contributed by atoms with Gasteiger partial charge in [-0.2, -0.15) is 0 Å². The highest BCUT2D eigenvalue weighted by Gasteiger charge is 2.36. The number of aliphatic hydroxyl groups is 1. The van der Waals surface area contributed by atoms with E-state index in [0.29, 0.717) is 37.9 Å². The number of imide groups is 2. The fourth-order valence-electron chi connectivity index (χ4n) is 5.78. The number of nitrogens with zero attached hydrogens (tertiary/aromatic N) is 3. The van der Waals surface area contributed by atoms with Gasteiger partial charge in [-0.15, -0.1) is 0 Å². The van der Waals surface area contributed by atoms with Gasteiger partial charge in [0, 0.05) is 56.0 Å². The van der Waals surface area contributed by atoms with Crippen LogP contribution in [0.25, 0.3) is 0 Å². The third-order valence-electron chi connectivity index (χ3n) is 8.37. The molecule has 4 aromatic carbocycles. The van der Waals surface area contributed by atoms with Crippen molar-refractivity contribution in [2.45, 2.75) is 39.9 Å². The lowest BCUT2D eigenvalue weighted by Gasteiger charge is -2.21. The Balaban J connectivity index is 0.000000331. The number of carbonyl (C=O) groups is 4. The first-order valence-electron chi connectivity index (χ1n) is 16.9. The van der Waals surface area contributed by atoms with E-state index < -0.39 is 33.9 Å². The number of amides is 4. The largest absolute Gasteiger partial charge is 0.396 e. The molecule has 2 atom stereocenters. The van der Waals surface area contributed by atoms with Crippen molar-refractivity contribution in [1.29, 1.82) is 0 Å². The summed E-state index contributed by atoms with van der Waals surface area (Å²) in [7, 11) is 2.87. The molecular weight excluding hydrogens is 815 g/mol. The molecule has 17 nitrogen and oxygen atoms in total. The predicted octanol–water partition coefficient (Wildman–Crippen LogP) is 7.73. The highest BCUT2D eigenvalue weighted by Crippen LogP contribution is 2.34. The summed E-state index contributed by atoms with van der Waals surface area (Å²) in [4.78, 5) is 69.3. The Bertz CT molecular complexity index is 2070. The topological polar surface area (TPSA) is 227 Å². The number of ether oxygens (including phenoxy) is 4. The quantitative estimate of drug-likeness (QED) is 0.0505. The van der Waals surface area contributed by atoms with Gasteiger partial charge in [0.1, 0.15) is 13.6 Å². The van der Waals surface area contributed by atoms with Crippen LogP contribution in [0.1, 0.15) is 92.5 Å². The second kappa shape index (κ2) is 23.7. The summed E-state index contributed by atoms with van der Waals surface area (Å²) in [5, 5.41) is 34.2. The van der Waals surface area contributed by atoms with Crippen LogP contribution in [0.3, 0.4) is 0 Å². The molecule has 0 spiro atoms. The van der Waals surface area contributed by atoms with Crippen molar-refractivity contribution in [2.75, 3.05) is 41.0 Å². The third-order valence-corrected chi connectivity index (χ3v) is 8.84. The molecule has 2 heterocycles. The number of aliphatic hydroxyl groups excluding tert-OH is 1. The molecule has 4 amide bonds. The molecule has 0 bridgehead atoms. The number of nitrogens with one attached hydrogen (secondary N) is 1. The molecule has 2 unspecified atom stereocenters. The molecular formula is C40H44Cl2N4O13. The van der Waals surface area contributed by atoms with E-state index in [2.05, 4.69) is 5.32 Å². The lowest BCUT2D eigenvalue weighted by atomic mass is 10.0. The summed E-state index contributed by atoms with van der Waals surface area (Å²) in [5.74, 6) is -1.39. The molecule has 0 saturated heterocycles. The minimum atomic E-state index is -0.789. The minimum absolute atomic E-state index is 0. The van der Waals surface area contributed by atoms with Gasteiger partial charge in [0.15, 0.2) is 0 Å². The Morgan fingerprint density at radius 3 is 1.42 bits per heavy atom. The van der Waals surface area contributed by atoms with Crippen molar-refractivity contribution in [3.05, 3.63) is 149 Å². The molecule has 2 aliphatic heterocycles. The number of methoxy groups -OCH3 is 2. The number of halogens is 2. The number of rotatable bonds is 15. The van der Waals surface area contributed by atoms with Crippen LogP contribution in [0.15, 0.2) is 84.9 Å². The van der Waals surface area contributed by atoms with Crippen LogP contribution in [0.2, 0.25) is 10.0 Å². The van der Waals surface area contributed by atoms with Gasteiger partial charge in [-0.25, -0.2) is 0 Å². The van der Waals surface area contributed by atoms with E-state index in [9.17, 15) is 39.4 Å². The first-order chi connectivity index (χ1) is 27.3. The van der Waals surface area contributed by atoms with Gasteiger partial charge in [0.2, 0.25) is 0 Å². The minimum Gasteiger partial charge on any atom is -0.396 e. The maximum atomic E-state index is 12.5. The number of carbonyl (C=O) groups excluding carboxylic acids is 4. The van der Waals surface area contributed by atoms with E-state index in [4.69, 9.17) is 47.3 Å². The number of fused-ring (bicyclic) bond motifs is 2. The van der Waals surface area contributed by atoms with Crippen LogP contribution in [0, 0.1) is 20.2 Å². The van der Waals surface area contributed by atoms with Crippen LogP contribution in [-0.2, 0) is 18.9 Å². The SMILES string of the molecule is C.C.COCOC(CCN1C(=O)c2ccccc2C1=O)c1cc(Cl)ccc1[N+](=O)[O-].COCOC(CCO)c1cc(Cl)ccc1[N+](=O)[O-].O=C1NC(=O)c2ccccc21. The monoisotopic (exact) mass is 858 g/mol. The van der Waals surface area contributed by atoms with Gasteiger partial charge >= 0.3 is 0 Å². The third kappa shape index (κ3) is 12.7. The van der Waals surface area contributed by atoms with Crippen LogP contribution in [0.5, 0.6) is 0 Å². The zero-order valence-corrected chi connectivity index (χ0v) is 31.9. The van der Waals surface area contributed by atoms with E-state index in [0.717, 1.165) is 4.90 Å². The molecule has 0 fully saturated rings. The molecule has 0 saturated carbocycles. The number of nitro benzene ring substituents is 2. The molecule has 316 valence electrons. The second-order valence-corrected chi connectivity index (χ2v) is 12.9. The van der Waals surface area contributed by atoms with E-state index in [1.165, 1.54) is 50.6 Å².